The van der Waals surface area contributed by atoms with Crippen LogP contribution >= 0.6 is 0 Å². The van der Waals surface area contributed by atoms with Gasteiger partial charge in [0.25, 0.3) is 5.91 Å². The van der Waals surface area contributed by atoms with Gasteiger partial charge in [0.2, 0.25) is 10.0 Å². The Bertz CT molecular complexity index is 936. The van der Waals surface area contributed by atoms with Gasteiger partial charge in [0.15, 0.2) is 0 Å². The molecule has 0 bridgehead atoms. The number of sulfonamides is 1. The van der Waals surface area contributed by atoms with Crippen molar-refractivity contribution in [3.05, 3.63) is 58.7 Å². The molecule has 0 spiro atoms. The zero-order valence-electron chi connectivity index (χ0n) is 14.7. The van der Waals surface area contributed by atoms with Crippen molar-refractivity contribution in [2.24, 2.45) is 0 Å². The summed E-state index contributed by atoms with van der Waals surface area (Å²) < 4.78 is 25.7. The number of carbonyl (C=O) groups is 1. The van der Waals surface area contributed by atoms with Crippen LogP contribution in [0.15, 0.2) is 36.4 Å². The Hall–Kier alpha value is -2.34. The van der Waals surface area contributed by atoms with Crippen LogP contribution in [-0.4, -0.2) is 26.6 Å². The van der Waals surface area contributed by atoms with Crippen molar-refractivity contribution in [3.8, 4) is 0 Å². The van der Waals surface area contributed by atoms with Crippen LogP contribution in [0.4, 0.5) is 11.4 Å². The van der Waals surface area contributed by atoms with Crippen LogP contribution in [0, 0.1) is 20.8 Å². The van der Waals surface area contributed by atoms with Gasteiger partial charge >= 0.3 is 0 Å². The molecule has 0 aromatic heterocycles. The van der Waals surface area contributed by atoms with E-state index in [0.29, 0.717) is 29.9 Å². The standard InChI is InChI=1S/C19H22N2O3S/c1-13-5-6-14(2)17(11-13)19(22)20-18-12-16(8-7-15(18)3)21-9-4-10-25(21,23)24/h5-8,11-12H,4,9-10H2,1-3H3,(H,20,22). The number of carbonyl (C=O) groups excluding carboxylic acids is 1. The second-order valence-corrected chi connectivity index (χ2v) is 8.53. The molecule has 1 saturated heterocycles. The number of nitrogens with zero attached hydrogens (tertiary/aromatic N) is 1. The van der Waals surface area contributed by atoms with Crippen LogP contribution in [0.1, 0.15) is 33.5 Å². The van der Waals surface area contributed by atoms with E-state index < -0.39 is 10.0 Å². The fourth-order valence-corrected chi connectivity index (χ4v) is 4.56. The van der Waals surface area contributed by atoms with Crippen LogP contribution in [0.5, 0.6) is 0 Å². The first kappa shape index (κ1) is 17.5. The molecule has 132 valence electrons. The average Bonchev–Trinajstić information content (AvgIpc) is 2.91. The predicted molar refractivity (Wildman–Crippen MR) is 101 cm³/mol. The molecule has 5 nitrogen and oxygen atoms in total. The fourth-order valence-electron chi connectivity index (χ4n) is 3.00. The Morgan fingerprint density at radius 1 is 1.04 bits per heavy atom. The Morgan fingerprint density at radius 2 is 1.76 bits per heavy atom. The van der Waals surface area contributed by atoms with Crippen molar-refractivity contribution < 1.29 is 13.2 Å². The number of nitrogens with one attached hydrogen (secondary N) is 1. The number of benzene rings is 2. The van der Waals surface area contributed by atoms with Crippen molar-refractivity contribution in [3.63, 3.8) is 0 Å². The molecule has 0 saturated carbocycles. The Kier molecular flexibility index (Phi) is 4.56. The summed E-state index contributed by atoms with van der Waals surface area (Å²) in [6, 6.07) is 11.1. The summed E-state index contributed by atoms with van der Waals surface area (Å²) in [6.07, 6.45) is 0.625. The lowest BCUT2D eigenvalue weighted by Crippen LogP contribution is -2.25. The Balaban J connectivity index is 1.91. The van der Waals surface area contributed by atoms with Gasteiger partial charge in [-0.25, -0.2) is 8.42 Å². The SMILES string of the molecule is Cc1ccc(C)c(C(=O)Nc2cc(N3CCCS3(=O)=O)ccc2C)c1. The van der Waals surface area contributed by atoms with E-state index in [0.717, 1.165) is 16.7 Å². The molecule has 0 aliphatic carbocycles. The molecule has 25 heavy (non-hydrogen) atoms. The lowest BCUT2D eigenvalue weighted by Gasteiger charge is -2.19. The summed E-state index contributed by atoms with van der Waals surface area (Å²) in [5.41, 5.74) is 4.66. The van der Waals surface area contributed by atoms with Crippen molar-refractivity contribution >= 4 is 27.3 Å². The van der Waals surface area contributed by atoms with Crippen molar-refractivity contribution in [2.75, 3.05) is 21.9 Å². The molecule has 1 fully saturated rings. The van der Waals surface area contributed by atoms with Crippen LogP contribution in [0.3, 0.4) is 0 Å². The predicted octanol–water partition coefficient (Wildman–Crippen LogP) is 3.40. The summed E-state index contributed by atoms with van der Waals surface area (Å²) in [5.74, 6) is -0.0175. The van der Waals surface area contributed by atoms with Crippen LogP contribution in [-0.2, 0) is 10.0 Å². The van der Waals surface area contributed by atoms with E-state index in [4.69, 9.17) is 0 Å². The third-order valence-corrected chi connectivity index (χ3v) is 6.36. The lowest BCUT2D eigenvalue weighted by molar-refractivity contribution is 0.102. The summed E-state index contributed by atoms with van der Waals surface area (Å²) in [6.45, 7) is 6.21. The molecule has 2 aromatic rings. The molecule has 1 heterocycles. The highest BCUT2D eigenvalue weighted by Crippen LogP contribution is 2.29. The van der Waals surface area contributed by atoms with E-state index in [1.165, 1.54) is 4.31 Å². The van der Waals surface area contributed by atoms with Gasteiger partial charge in [0, 0.05) is 17.8 Å². The molecule has 2 aromatic carbocycles. The molecule has 1 amide bonds. The van der Waals surface area contributed by atoms with Crippen LogP contribution < -0.4 is 9.62 Å². The van der Waals surface area contributed by atoms with Gasteiger partial charge < -0.3 is 5.32 Å². The summed E-state index contributed by atoms with van der Waals surface area (Å²) >= 11 is 0. The molecule has 0 radical (unpaired) electrons. The highest BCUT2D eigenvalue weighted by molar-refractivity contribution is 7.93. The first-order valence-corrected chi connectivity index (χ1v) is 9.88. The minimum Gasteiger partial charge on any atom is -0.322 e. The molecule has 1 N–H and O–H groups in total. The van der Waals surface area contributed by atoms with Crippen molar-refractivity contribution in [2.45, 2.75) is 27.2 Å². The van der Waals surface area contributed by atoms with Gasteiger partial charge in [-0.3, -0.25) is 9.10 Å². The first-order chi connectivity index (χ1) is 11.8. The zero-order valence-corrected chi connectivity index (χ0v) is 15.5. The number of hydrogen-bond donors (Lipinski definition) is 1. The minimum atomic E-state index is -3.24. The number of hydrogen-bond acceptors (Lipinski definition) is 3. The van der Waals surface area contributed by atoms with E-state index in [9.17, 15) is 13.2 Å². The highest BCUT2D eigenvalue weighted by Gasteiger charge is 2.28. The first-order valence-electron chi connectivity index (χ1n) is 8.27. The molecule has 0 unspecified atom stereocenters. The lowest BCUT2D eigenvalue weighted by atomic mass is 10.0. The maximum Gasteiger partial charge on any atom is 0.255 e. The van der Waals surface area contributed by atoms with Gasteiger partial charge in [-0.1, -0.05) is 23.8 Å². The average molecular weight is 358 g/mol. The van der Waals surface area contributed by atoms with Gasteiger partial charge in [0.05, 0.1) is 11.4 Å². The van der Waals surface area contributed by atoms with E-state index in [-0.39, 0.29) is 11.7 Å². The largest absolute Gasteiger partial charge is 0.322 e. The molecular weight excluding hydrogens is 336 g/mol. The molecule has 1 aliphatic rings. The van der Waals surface area contributed by atoms with E-state index >= 15 is 0 Å². The fraction of sp³-hybridized carbons (Fsp3) is 0.316. The molecule has 1 aliphatic heterocycles. The highest BCUT2D eigenvalue weighted by atomic mass is 32.2. The van der Waals surface area contributed by atoms with E-state index in [1.807, 2.05) is 45.0 Å². The maximum absolute atomic E-state index is 12.7. The zero-order chi connectivity index (χ0) is 18.2. The van der Waals surface area contributed by atoms with Gasteiger partial charge in [-0.15, -0.1) is 0 Å². The number of aryl methyl sites for hydroxylation is 3. The third kappa shape index (κ3) is 3.54. The van der Waals surface area contributed by atoms with Gasteiger partial charge in [-0.2, -0.15) is 0 Å². The summed E-state index contributed by atoms with van der Waals surface area (Å²) in [7, 11) is -3.24. The summed E-state index contributed by atoms with van der Waals surface area (Å²) in [5, 5.41) is 2.93. The summed E-state index contributed by atoms with van der Waals surface area (Å²) in [4.78, 5) is 12.7. The minimum absolute atomic E-state index is 0.172. The van der Waals surface area contributed by atoms with E-state index in [2.05, 4.69) is 5.32 Å². The normalized spacial score (nSPS) is 16.0. The van der Waals surface area contributed by atoms with Crippen LogP contribution in [0.2, 0.25) is 0 Å². The molecule has 0 atom stereocenters. The Morgan fingerprint density at radius 3 is 2.44 bits per heavy atom. The van der Waals surface area contributed by atoms with E-state index in [1.54, 1.807) is 12.1 Å². The van der Waals surface area contributed by atoms with Crippen molar-refractivity contribution in [1.82, 2.24) is 0 Å². The van der Waals surface area contributed by atoms with Gasteiger partial charge in [0.1, 0.15) is 0 Å². The van der Waals surface area contributed by atoms with Crippen molar-refractivity contribution in [1.29, 1.82) is 0 Å². The molecule has 6 heteroatoms. The Labute approximate surface area is 148 Å². The number of amides is 1. The number of rotatable bonds is 3. The monoisotopic (exact) mass is 358 g/mol. The number of anilines is 2. The second kappa shape index (κ2) is 6.52. The van der Waals surface area contributed by atoms with Gasteiger partial charge in [-0.05, 0) is 56.5 Å². The third-order valence-electron chi connectivity index (χ3n) is 4.49. The molecular formula is C19H22N2O3S. The quantitative estimate of drug-likeness (QED) is 0.914. The smallest absolute Gasteiger partial charge is 0.255 e. The second-order valence-electron chi connectivity index (χ2n) is 6.51. The molecule has 3 rings (SSSR count). The maximum atomic E-state index is 12.7. The van der Waals surface area contributed by atoms with Crippen LogP contribution in [0.25, 0.3) is 0 Å². The topological polar surface area (TPSA) is 66.5 Å².